The summed E-state index contributed by atoms with van der Waals surface area (Å²) < 4.78 is 53.3. The molecule has 0 radical (unpaired) electrons. The van der Waals surface area contributed by atoms with Crippen LogP contribution in [-0.4, -0.2) is 20.4 Å². The molecule has 9 heteroatoms. The van der Waals surface area contributed by atoms with Gasteiger partial charge in [0.2, 0.25) is 10.0 Å². The molecule has 2 N–H and O–H groups in total. The van der Waals surface area contributed by atoms with Gasteiger partial charge in [0, 0.05) is 22.7 Å². The second-order valence-corrected chi connectivity index (χ2v) is 8.75. The Balaban J connectivity index is 2.24. The van der Waals surface area contributed by atoms with Crippen LogP contribution in [0.5, 0.6) is 0 Å². The molecule has 0 saturated heterocycles. The van der Waals surface area contributed by atoms with E-state index in [1.54, 1.807) is 13.8 Å². The maximum Gasteiger partial charge on any atom is 0.256 e. The van der Waals surface area contributed by atoms with E-state index in [0.717, 1.165) is 23.5 Å². The number of nitrogens with one attached hydrogen (secondary N) is 2. The topological polar surface area (TPSA) is 75.3 Å². The van der Waals surface area contributed by atoms with Crippen molar-refractivity contribution in [2.75, 3.05) is 5.32 Å². The summed E-state index contributed by atoms with van der Waals surface area (Å²) in [6.45, 7) is 5.22. The van der Waals surface area contributed by atoms with Gasteiger partial charge in [0.15, 0.2) is 11.6 Å². The maximum absolute atomic E-state index is 13.2. The number of sulfonamides is 1. The van der Waals surface area contributed by atoms with E-state index in [1.165, 1.54) is 12.1 Å². The van der Waals surface area contributed by atoms with Gasteiger partial charge in [0.05, 0.1) is 5.56 Å². The van der Waals surface area contributed by atoms with Crippen LogP contribution in [0.2, 0.25) is 0 Å². The van der Waals surface area contributed by atoms with Crippen molar-refractivity contribution in [3.63, 3.8) is 0 Å². The zero-order chi connectivity index (χ0) is 18.8. The quantitative estimate of drug-likeness (QED) is 0.793. The van der Waals surface area contributed by atoms with E-state index in [1.807, 2.05) is 6.92 Å². The number of anilines is 1. The van der Waals surface area contributed by atoms with Crippen LogP contribution >= 0.6 is 11.3 Å². The second kappa shape index (κ2) is 7.59. The number of halogens is 2. The Morgan fingerprint density at radius 2 is 1.92 bits per heavy atom. The molecule has 1 amide bonds. The Labute approximate surface area is 149 Å². The summed E-state index contributed by atoms with van der Waals surface area (Å²) in [4.78, 5) is 12.8. The molecule has 0 aliphatic carbocycles. The number of hydrogen-bond donors (Lipinski definition) is 2. The highest BCUT2D eigenvalue weighted by Gasteiger charge is 2.23. The number of carbonyl (C=O) groups is 1. The third-order valence-corrected chi connectivity index (χ3v) is 6.66. The summed E-state index contributed by atoms with van der Waals surface area (Å²) in [6.07, 6.45) is 0.632. The molecule has 1 aromatic heterocycles. The van der Waals surface area contributed by atoms with E-state index < -0.39 is 27.6 Å². The number of benzene rings is 1. The first kappa shape index (κ1) is 19.5. The minimum Gasteiger partial charge on any atom is -0.322 e. The molecule has 136 valence electrons. The molecule has 0 bridgehead atoms. The number of amides is 1. The number of thiophene rings is 1. The predicted octanol–water partition coefficient (Wildman–Crippen LogP) is 3.66. The highest BCUT2D eigenvalue weighted by Crippen LogP contribution is 2.27. The summed E-state index contributed by atoms with van der Waals surface area (Å²) in [5.74, 6) is -2.69. The zero-order valence-corrected chi connectivity index (χ0v) is 15.5. The number of hydrogen-bond acceptors (Lipinski definition) is 4. The van der Waals surface area contributed by atoms with Gasteiger partial charge in [-0.05, 0) is 38.5 Å². The minimum atomic E-state index is -3.71. The molecule has 2 aromatic rings. The lowest BCUT2D eigenvalue weighted by atomic mass is 10.2. The molecule has 0 fully saturated rings. The van der Waals surface area contributed by atoms with Gasteiger partial charge in [-0.15, -0.1) is 11.3 Å². The summed E-state index contributed by atoms with van der Waals surface area (Å²) >= 11 is 0.973. The third-order valence-electron chi connectivity index (χ3n) is 3.55. The van der Waals surface area contributed by atoms with Gasteiger partial charge in [-0.25, -0.2) is 21.9 Å². The van der Waals surface area contributed by atoms with Crippen molar-refractivity contribution in [2.24, 2.45) is 0 Å². The molecule has 0 spiro atoms. The Morgan fingerprint density at radius 1 is 1.24 bits per heavy atom. The number of carbonyl (C=O) groups excluding carboxylic acids is 1. The van der Waals surface area contributed by atoms with E-state index in [9.17, 15) is 22.0 Å². The molecule has 1 heterocycles. The van der Waals surface area contributed by atoms with Gasteiger partial charge in [-0.2, -0.15) is 0 Å². The smallest absolute Gasteiger partial charge is 0.256 e. The van der Waals surface area contributed by atoms with E-state index in [4.69, 9.17) is 0 Å². The standard InChI is InChI=1S/C16H18F2N2O3S2/c1-4-9(2)20-25(22,23)15-8-12(10(3)24-15)16(21)19-11-5-6-13(17)14(18)7-11/h5-9,20H,4H2,1-3H3,(H,19,21). The fourth-order valence-corrected chi connectivity index (χ4v) is 4.78. The lowest BCUT2D eigenvalue weighted by Crippen LogP contribution is -2.31. The fourth-order valence-electron chi connectivity index (χ4n) is 1.99. The lowest BCUT2D eigenvalue weighted by molar-refractivity contribution is 0.102. The average molecular weight is 388 g/mol. The number of rotatable bonds is 6. The van der Waals surface area contributed by atoms with Crippen LogP contribution in [0.15, 0.2) is 28.5 Å². The lowest BCUT2D eigenvalue weighted by Gasteiger charge is -2.10. The predicted molar refractivity (Wildman–Crippen MR) is 93.4 cm³/mol. The van der Waals surface area contributed by atoms with Gasteiger partial charge in [-0.1, -0.05) is 6.92 Å². The van der Waals surface area contributed by atoms with Crippen molar-refractivity contribution in [2.45, 2.75) is 37.4 Å². The van der Waals surface area contributed by atoms with E-state index in [0.29, 0.717) is 11.3 Å². The van der Waals surface area contributed by atoms with Gasteiger partial charge in [0.1, 0.15) is 4.21 Å². The van der Waals surface area contributed by atoms with Crippen LogP contribution < -0.4 is 10.0 Å². The van der Waals surface area contributed by atoms with E-state index in [2.05, 4.69) is 10.0 Å². The molecule has 1 atom stereocenters. The Hall–Kier alpha value is -1.84. The molecule has 0 saturated carbocycles. The SMILES string of the molecule is CCC(C)NS(=O)(=O)c1cc(C(=O)Nc2ccc(F)c(F)c2)c(C)s1. The molecule has 2 rings (SSSR count). The van der Waals surface area contributed by atoms with Crippen molar-refractivity contribution >= 4 is 33.0 Å². The Kier molecular flexibility index (Phi) is 5.91. The van der Waals surface area contributed by atoms with E-state index >= 15 is 0 Å². The Bertz CT molecular complexity index is 895. The average Bonchev–Trinajstić information content (AvgIpc) is 2.93. The van der Waals surface area contributed by atoms with Crippen LogP contribution in [0.3, 0.4) is 0 Å². The summed E-state index contributed by atoms with van der Waals surface area (Å²) in [7, 11) is -3.71. The van der Waals surface area contributed by atoms with Crippen LogP contribution in [0.25, 0.3) is 0 Å². The molecule has 1 unspecified atom stereocenters. The molecular weight excluding hydrogens is 370 g/mol. The largest absolute Gasteiger partial charge is 0.322 e. The van der Waals surface area contributed by atoms with Gasteiger partial charge in [-0.3, -0.25) is 4.79 Å². The molecule has 0 aliphatic rings. The van der Waals surface area contributed by atoms with Gasteiger partial charge < -0.3 is 5.32 Å². The first-order valence-electron chi connectivity index (χ1n) is 7.53. The molecule has 0 aliphatic heterocycles. The third kappa shape index (κ3) is 4.62. The van der Waals surface area contributed by atoms with Crippen LogP contribution in [0.4, 0.5) is 14.5 Å². The highest BCUT2D eigenvalue weighted by molar-refractivity contribution is 7.91. The minimum absolute atomic E-state index is 0.0285. The Morgan fingerprint density at radius 3 is 2.52 bits per heavy atom. The monoisotopic (exact) mass is 388 g/mol. The maximum atomic E-state index is 13.2. The molecular formula is C16H18F2N2O3S2. The molecule has 25 heavy (non-hydrogen) atoms. The number of aryl methyl sites for hydroxylation is 1. The van der Waals surface area contributed by atoms with Crippen molar-refractivity contribution in [1.29, 1.82) is 0 Å². The van der Waals surface area contributed by atoms with E-state index in [-0.39, 0.29) is 21.5 Å². The normalized spacial score (nSPS) is 12.8. The van der Waals surface area contributed by atoms with Crippen molar-refractivity contribution in [3.8, 4) is 0 Å². The highest BCUT2D eigenvalue weighted by atomic mass is 32.2. The van der Waals surface area contributed by atoms with Gasteiger partial charge in [0.25, 0.3) is 5.91 Å². The van der Waals surface area contributed by atoms with Crippen molar-refractivity contribution < 1.29 is 22.0 Å². The molecule has 5 nitrogen and oxygen atoms in total. The summed E-state index contributed by atoms with van der Waals surface area (Å²) in [5.41, 5.74) is 0.246. The zero-order valence-electron chi connectivity index (χ0n) is 13.9. The molecule has 1 aromatic carbocycles. The van der Waals surface area contributed by atoms with Crippen LogP contribution in [-0.2, 0) is 10.0 Å². The first-order valence-corrected chi connectivity index (χ1v) is 9.83. The van der Waals surface area contributed by atoms with Gasteiger partial charge >= 0.3 is 0 Å². The second-order valence-electron chi connectivity index (χ2n) is 5.55. The van der Waals surface area contributed by atoms with Crippen LogP contribution in [0, 0.1) is 18.6 Å². The summed E-state index contributed by atoms with van der Waals surface area (Å²) in [5, 5.41) is 2.43. The summed E-state index contributed by atoms with van der Waals surface area (Å²) in [6, 6.07) is 4.03. The first-order chi connectivity index (χ1) is 11.6. The van der Waals surface area contributed by atoms with Crippen LogP contribution in [0.1, 0.15) is 35.5 Å². The fraction of sp³-hybridized carbons (Fsp3) is 0.312. The van der Waals surface area contributed by atoms with Crippen molar-refractivity contribution in [1.82, 2.24) is 4.72 Å². The van der Waals surface area contributed by atoms with Crippen molar-refractivity contribution in [3.05, 3.63) is 46.3 Å².